The number of rotatable bonds is 0. The van der Waals surface area contributed by atoms with Crippen molar-refractivity contribution in [2.45, 2.75) is 0 Å². The fourth-order valence-corrected chi connectivity index (χ4v) is 0. The minimum atomic E-state index is 0. The van der Waals surface area contributed by atoms with Gasteiger partial charge in [0.2, 0.25) is 0 Å². The SMILES string of the molecule is [Al+3].[Al+3].[Al+3].[Al+3].[Al+3].[Al+3].[Al+3].[Al+3].[Al+3].[Al+3].[Al+3].[Al+3].[Al+3].[Al+3].[Al+3].[Al+3].[Al+3].[Al+3].[Al+3].[Al+3].[Al+3].[Al+3].[Al+3].[Al+3].[Al+3].[Al+3].[Al+3].[Al+3].[Al+3].[Al+3].[Al+3].[Al+3].[Al+3].[Al+3].[Al+3].[Al+3].[Al+3].[Al+3].[Al+3].[Al+3].[Al+3].[Al+3].[Al+3].[Al+3].[Al+3].[Al+3].[Al+3].[Al+3].[Al+3].[Al+3].[Al+3].[Al+3].[Al+3].[Al+3].[Al+3].[Al+3].[Al+3].[Al+3].[Al+3].[Al+3].[O-2].[O-2].[O-2].[O-2].[O-2].[O-2].[O-2].[O-2].[O-2].[O-2].[O-2].[O-2].[O-2].[O-2].[O-2].[O-2].[O-2].[O-2].[O-2].[O-2].[O-2].[O-2].[O-2].[O-2].[O-2].[O-2].[O-2].[O-2].[O-2].[O-2].[O-2].[O-2].[O-2].[O-2].[O-2].[O-2].[O-2].[O-2].[O-2].[O-2].[O-2].[O-2].[O-2].[O-2].[O-2].[O-2].[O-2].[O-2].[O-2].[O-2].[O-2].[O-2].[O-2].[O-2].[O-2].[O-2].[O-2].[O-2].[O-2].[O-2].[O-2].[O-2].[O-2].[O-2].[O-2].[O-2].[O-2]. The Bertz CT molecular complexity index is 127. The van der Waals surface area contributed by atoms with Gasteiger partial charge in [0.1, 0.15) is 0 Å². The molecular formula is Al60O67+46. The Hall–Kier alpha value is 29.3. The van der Waals surface area contributed by atoms with E-state index in [1.165, 1.54) is 0 Å². The predicted octanol–water partition coefficient (Wildman–Crippen LogP) is -30.8. The van der Waals surface area contributed by atoms with Crippen molar-refractivity contribution in [3.05, 3.63) is 0 Å². The molecule has 0 aromatic heterocycles. The summed E-state index contributed by atoms with van der Waals surface area (Å²) in [4.78, 5) is 0. The van der Waals surface area contributed by atoms with Crippen LogP contribution in [0, 0.1) is 0 Å². The number of hydrogen-bond donors (Lipinski definition) is 0. The molecule has 127 heavy (non-hydrogen) atoms. The van der Waals surface area contributed by atoms with E-state index in [2.05, 4.69) is 0 Å². The molecule has 0 spiro atoms. The molecule has 0 aromatic rings. The largest absolute Gasteiger partial charge is 3.00 e. The fourth-order valence-electron chi connectivity index (χ4n) is 0. The standard InChI is InChI=1S/60Al.67O/q60*+3;67*-2. The van der Waals surface area contributed by atoms with Gasteiger partial charge in [-0.1, -0.05) is 0 Å². The summed E-state index contributed by atoms with van der Waals surface area (Å²) >= 11 is 0. The van der Waals surface area contributed by atoms with Gasteiger partial charge in [0.05, 0.1) is 0 Å². The van der Waals surface area contributed by atoms with Crippen molar-refractivity contribution >= 4 is 1040 Å². The van der Waals surface area contributed by atoms with Gasteiger partial charge in [-0.3, -0.25) is 0 Å². The van der Waals surface area contributed by atoms with E-state index in [1.807, 2.05) is 0 Å². The van der Waals surface area contributed by atoms with Gasteiger partial charge in [0.25, 0.3) is 0 Å². The Morgan fingerprint density at radius 2 is 0.0157 bits per heavy atom. The molecule has 67 nitrogen and oxygen atoms in total. The van der Waals surface area contributed by atoms with Crippen molar-refractivity contribution in [3.63, 3.8) is 0 Å². The molecule has 0 unspecified atom stereocenters. The molecule has 536 valence electrons. The molecule has 0 aromatic carbocycles. The van der Waals surface area contributed by atoms with E-state index in [9.17, 15) is 0 Å². The monoisotopic (exact) mass is 2690 g/mol. The van der Waals surface area contributed by atoms with E-state index in [0.29, 0.717) is 0 Å². The van der Waals surface area contributed by atoms with E-state index in [-0.39, 0.29) is 1410 Å². The predicted molar refractivity (Wildman–Crippen MR) is 391 cm³/mol. The van der Waals surface area contributed by atoms with Crippen LogP contribution >= 0.6 is 0 Å². The van der Waals surface area contributed by atoms with Crippen LogP contribution in [0.3, 0.4) is 0 Å². The Labute approximate surface area is 1380 Å². The maximum Gasteiger partial charge on any atom is 3.00 e. The molecule has 0 saturated heterocycles. The third-order valence-corrected chi connectivity index (χ3v) is 0. The molecule has 0 bridgehead atoms. The van der Waals surface area contributed by atoms with Gasteiger partial charge in [0.15, 0.2) is 0 Å². The van der Waals surface area contributed by atoms with Crippen LogP contribution in [0.25, 0.3) is 0 Å². The van der Waals surface area contributed by atoms with Crippen LogP contribution in [0.1, 0.15) is 0 Å². The molecule has 0 aliphatic heterocycles. The van der Waals surface area contributed by atoms with E-state index in [0.717, 1.165) is 0 Å². The van der Waals surface area contributed by atoms with Crippen molar-refractivity contribution < 1.29 is 367 Å². The second-order valence-corrected chi connectivity index (χ2v) is 0. The van der Waals surface area contributed by atoms with Crippen molar-refractivity contribution in [1.82, 2.24) is 0 Å². The van der Waals surface area contributed by atoms with Crippen LogP contribution in [0.15, 0.2) is 0 Å². The van der Waals surface area contributed by atoms with Crippen LogP contribution in [0.4, 0.5) is 0 Å². The van der Waals surface area contributed by atoms with E-state index < -0.39 is 0 Å². The van der Waals surface area contributed by atoms with Gasteiger partial charge in [0, 0.05) is 0 Å². The summed E-state index contributed by atoms with van der Waals surface area (Å²) in [6.07, 6.45) is 0. The van der Waals surface area contributed by atoms with Crippen molar-refractivity contribution in [1.29, 1.82) is 0 Å². The summed E-state index contributed by atoms with van der Waals surface area (Å²) in [5, 5.41) is 0. The van der Waals surface area contributed by atoms with Gasteiger partial charge >= 0.3 is 1040 Å². The molecule has 0 radical (unpaired) electrons. The first-order valence-corrected chi connectivity index (χ1v) is 0. The minimum Gasteiger partial charge on any atom is -2.00 e. The van der Waals surface area contributed by atoms with Gasteiger partial charge in [-0.2, -0.15) is 0 Å². The summed E-state index contributed by atoms with van der Waals surface area (Å²) in [5.74, 6) is 0. The summed E-state index contributed by atoms with van der Waals surface area (Å²) in [6.45, 7) is 0. The summed E-state index contributed by atoms with van der Waals surface area (Å²) < 4.78 is 0. The second kappa shape index (κ2) is 4310. The first-order valence-electron chi connectivity index (χ1n) is 0. The molecule has 0 aliphatic carbocycles. The molecule has 0 saturated carbocycles. The van der Waals surface area contributed by atoms with Gasteiger partial charge in [-0.15, -0.1) is 0 Å². The Kier molecular flexibility index (Phi) is 149000. The zero-order chi connectivity index (χ0) is 0. The van der Waals surface area contributed by atoms with Gasteiger partial charge < -0.3 is 367 Å². The van der Waals surface area contributed by atoms with Gasteiger partial charge in [-0.05, 0) is 0 Å². The number of hydrogen-bond acceptors (Lipinski definition) is 0. The summed E-state index contributed by atoms with van der Waals surface area (Å²) in [7, 11) is 0. The van der Waals surface area contributed by atoms with Crippen molar-refractivity contribution in [2.75, 3.05) is 0 Å². The molecule has 0 aliphatic rings. The van der Waals surface area contributed by atoms with Crippen molar-refractivity contribution in [2.24, 2.45) is 0 Å². The third-order valence-electron chi connectivity index (χ3n) is 0. The fraction of sp³-hybridized carbons (Fsp3) is 0. The topological polar surface area (TPSA) is 1910 Å². The third kappa shape index (κ3) is 4260. The quantitative estimate of drug-likeness (QED) is 0.204. The smallest absolute Gasteiger partial charge is 2.00 e. The van der Waals surface area contributed by atoms with Crippen LogP contribution < -0.4 is 0 Å². The minimum absolute atomic E-state index is 0. The average Bonchev–Trinajstić information content (AvgIpc) is 0. The Morgan fingerprint density at radius 1 is 0.0157 bits per heavy atom. The van der Waals surface area contributed by atoms with Crippen molar-refractivity contribution in [3.8, 4) is 0 Å². The van der Waals surface area contributed by atoms with Crippen LogP contribution in [0.2, 0.25) is 0 Å². The van der Waals surface area contributed by atoms with Gasteiger partial charge in [-0.25, -0.2) is 0 Å². The first kappa shape index (κ1) is 4400. The first-order chi connectivity index (χ1) is 0. The van der Waals surface area contributed by atoms with E-state index >= 15 is 0 Å². The van der Waals surface area contributed by atoms with Crippen LogP contribution in [-0.4, -0.2) is 1040 Å². The van der Waals surface area contributed by atoms with E-state index in [1.54, 1.807) is 0 Å². The molecule has 0 amide bonds. The molecule has 0 heterocycles. The zero-order valence-electron chi connectivity index (χ0n) is 62.0. The van der Waals surface area contributed by atoms with E-state index in [4.69, 9.17) is 0 Å². The van der Waals surface area contributed by atoms with Crippen LogP contribution in [-0.2, 0) is 367 Å². The zero-order valence-corrected chi connectivity index (χ0v) is 131. The molecule has 0 fully saturated rings. The summed E-state index contributed by atoms with van der Waals surface area (Å²) in [6, 6.07) is 0. The van der Waals surface area contributed by atoms with Crippen LogP contribution in [0.5, 0.6) is 0 Å². The Balaban J connectivity index is 0. The average molecular weight is 2690 g/mol. The molecule has 127 heteroatoms. The maximum absolute atomic E-state index is 0. The summed E-state index contributed by atoms with van der Waals surface area (Å²) in [5.41, 5.74) is 0. The normalized spacial score (nSPS) is 0. The maximum atomic E-state index is 0. The molecular weight excluding hydrogens is 2690 g/mol. The molecule has 0 rings (SSSR count). The molecule has 0 atom stereocenters. The second-order valence-electron chi connectivity index (χ2n) is 0. The Morgan fingerprint density at radius 3 is 0.0157 bits per heavy atom. The molecule has 0 N–H and O–H groups in total.